The van der Waals surface area contributed by atoms with E-state index in [1.165, 1.54) is 186 Å². The Hall–Kier alpha value is -1.94. The van der Waals surface area contributed by atoms with Crippen molar-refractivity contribution in [2.45, 2.75) is 387 Å². The molecule has 0 saturated heterocycles. The van der Waals surface area contributed by atoms with Crippen LogP contribution in [0.25, 0.3) is 0 Å². The third-order valence-corrected chi connectivity index (χ3v) is 19.0. The van der Waals surface area contributed by atoms with Gasteiger partial charge < -0.3 is 33.8 Å². The third kappa shape index (κ3) is 65.1. The lowest BCUT2D eigenvalue weighted by atomic mass is 9.99. The Morgan fingerprint density at radius 2 is 0.560 bits per heavy atom. The first kappa shape index (κ1) is 89.1. The molecule has 0 aliphatic heterocycles. The van der Waals surface area contributed by atoms with Crippen LogP contribution in [0.15, 0.2) is 0 Å². The standard InChI is InChI=1S/C72H140O17P2/c1-7-10-12-14-16-18-20-21-22-23-24-25-31-38-44-50-56-71(76)88-67(60-83-70(75)55-49-43-37-30-27-26-28-35-41-47-53-65(6)9-3)62-86-90(78,79)84-58-66(73)59-85-91(80,81)87-63-68(61-82-69(74)54-48-42-36-29-19-17-15-13-11-8-2)89-72(77)57-51-45-39-33-32-34-40-46-52-64(4)5/h64-68,73H,7-63H2,1-6H3,(H,78,79)(H,80,81)/t65?,66-,67-,68-/m1/s1. The molecule has 6 atom stereocenters. The fourth-order valence-electron chi connectivity index (χ4n) is 10.9. The molecule has 3 unspecified atom stereocenters. The molecule has 19 heteroatoms. The number of ether oxygens (including phenoxy) is 4. The normalized spacial score (nSPS) is 14.4. The number of phosphoric acid groups is 2. The van der Waals surface area contributed by atoms with Crippen LogP contribution < -0.4 is 0 Å². The van der Waals surface area contributed by atoms with E-state index < -0.39 is 97.5 Å². The van der Waals surface area contributed by atoms with Crippen molar-refractivity contribution in [2.75, 3.05) is 39.6 Å². The molecule has 0 aliphatic rings. The summed E-state index contributed by atoms with van der Waals surface area (Å²) in [5, 5.41) is 10.6. The Morgan fingerprint density at radius 1 is 0.319 bits per heavy atom. The van der Waals surface area contributed by atoms with Crippen LogP contribution in [-0.2, 0) is 65.4 Å². The zero-order valence-corrected chi connectivity index (χ0v) is 60.9. The van der Waals surface area contributed by atoms with E-state index >= 15 is 0 Å². The molecule has 0 rings (SSSR count). The van der Waals surface area contributed by atoms with Crippen LogP contribution in [0.4, 0.5) is 0 Å². The maximum absolute atomic E-state index is 13.0. The molecule has 0 radical (unpaired) electrons. The number of esters is 4. The summed E-state index contributed by atoms with van der Waals surface area (Å²) in [6.07, 6.45) is 49.8. The molecule has 0 amide bonds. The van der Waals surface area contributed by atoms with Crippen molar-refractivity contribution in [1.82, 2.24) is 0 Å². The van der Waals surface area contributed by atoms with Gasteiger partial charge in [-0.1, -0.05) is 318 Å². The van der Waals surface area contributed by atoms with Crippen LogP contribution in [0.1, 0.15) is 369 Å². The summed E-state index contributed by atoms with van der Waals surface area (Å²) >= 11 is 0. The molecule has 0 aliphatic carbocycles. The van der Waals surface area contributed by atoms with Crippen LogP contribution in [0, 0.1) is 11.8 Å². The third-order valence-electron chi connectivity index (χ3n) is 17.1. The van der Waals surface area contributed by atoms with Gasteiger partial charge in [0.2, 0.25) is 0 Å². The molecule has 0 saturated carbocycles. The number of phosphoric ester groups is 2. The predicted octanol–water partition coefficient (Wildman–Crippen LogP) is 20.8. The van der Waals surface area contributed by atoms with Crippen LogP contribution in [0.2, 0.25) is 0 Å². The molecule has 0 aromatic rings. The van der Waals surface area contributed by atoms with Gasteiger partial charge in [0, 0.05) is 25.7 Å². The Balaban J connectivity index is 5.25. The Kier molecular flexibility index (Phi) is 62.7. The van der Waals surface area contributed by atoms with Crippen molar-refractivity contribution < 1.29 is 80.2 Å². The lowest BCUT2D eigenvalue weighted by molar-refractivity contribution is -0.161. The molecule has 3 N–H and O–H groups in total. The van der Waals surface area contributed by atoms with E-state index in [0.717, 1.165) is 102 Å². The van der Waals surface area contributed by atoms with Gasteiger partial charge in [0.25, 0.3) is 0 Å². The van der Waals surface area contributed by atoms with E-state index in [9.17, 15) is 43.2 Å². The molecule has 0 spiro atoms. The summed E-state index contributed by atoms with van der Waals surface area (Å²) in [7, 11) is -9.90. The SMILES string of the molecule is CCCCCCCCCCCCCCCCCCC(=O)O[C@H](COC(=O)CCCCCCCCCCCCC(C)CC)COP(=O)(O)OC[C@@H](O)COP(=O)(O)OC[C@@H](COC(=O)CCCCCCCCCCCC)OC(=O)CCCCCCCCCCC(C)C. The second kappa shape index (κ2) is 64.1. The van der Waals surface area contributed by atoms with Gasteiger partial charge >= 0.3 is 39.5 Å². The number of aliphatic hydroxyl groups is 1. The Bertz CT molecular complexity index is 1770. The maximum atomic E-state index is 13.0. The van der Waals surface area contributed by atoms with Crippen LogP contribution in [-0.4, -0.2) is 96.7 Å². The Labute approximate surface area is 556 Å². The van der Waals surface area contributed by atoms with E-state index in [0.29, 0.717) is 25.7 Å². The van der Waals surface area contributed by atoms with E-state index in [-0.39, 0.29) is 25.7 Å². The quantitative estimate of drug-likeness (QED) is 0.0222. The number of rotatable bonds is 71. The van der Waals surface area contributed by atoms with Crippen LogP contribution in [0.3, 0.4) is 0 Å². The van der Waals surface area contributed by atoms with Gasteiger partial charge in [-0.15, -0.1) is 0 Å². The van der Waals surface area contributed by atoms with Crippen LogP contribution >= 0.6 is 15.6 Å². The Morgan fingerprint density at radius 3 is 0.835 bits per heavy atom. The van der Waals surface area contributed by atoms with Gasteiger partial charge in [-0.2, -0.15) is 0 Å². The first-order valence-electron chi connectivity index (χ1n) is 37.5. The van der Waals surface area contributed by atoms with Gasteiger partial charge in [0.1, 0.15) is 19.3 Å². The van der Waals surface area contributed by atoms with E-state index in [1.54, 1.807) is 0 Å². The minimum Gasteiger partial charge on any atom is -0.462 e. The van der Waals surface area contributed by atoms with Crippen LogP contribution in [0.5, 0.6) is 0 Å². The summed E-state index contributed by atoms with van der Waals surface area (Å²) in [6, 6.07) is 0. The summed E-state index contributed by atoms with van der Waals surface area (Å²) in [5.74, 6) is -0.594. The van der Waals surface area contributed by atoms with Gasteiger partial charge in [-0.3, -0.25) is 37.3 Å². The molecule has 17 nitrogen and oxygen atoms in total. The van der Waals surface area contributed by atoms with Crippen molar-refractivity contribution in [3.8, 4) is 0 Å². The first-order chi connectivity index (χ1) is 43.9. The van der Waals surface area contributed by atoms with Gasteiger partial charge in [-0.25, -0.2) is 9.13 Å². The van der Waals surface area contributed by atoms with Gasteiger partial charge in [-0.05, 0) is 37.5 Å². The number of carbonyl (C=O) groups excluding carboxylic acids is 4. The number of aliphatic hydroxyl groups excluding tert-OH is 1. The molecule has 0 bridgehead atoms. The number of unbranched alkanes of at least 4 members (excludes halogenated alkanes) is 40. The molecular formula is C72H140O17P2. The highest BCUT2D eigenvalue weighted by molar-refractivity contribution is 7.47. The summed E-state index contributed by atoms with van der Waals surface area (Å²) in [4.78, 5) is 72.6. The second-order valence-corrected chi connectivity index (χ2v) is 29.6. The number of hydrogen-bond donors (Lipinski definition) is 3. The highest BCUT2D eigenvalue weighted by Crippen LogP contribution is 2.45. The lowest BCUT2D eigenvalue weighted by Crippen LogP contribution is -2.30. The van der Waals surface area contributed by atoms with Crippen molar-refractivity contribution in [1.29, 1.82) is 0 Å². The fourth-order valence-corrected chi connectivity index (χ4v) is 12.5. The molecule has 0 aromatic carbocycles. The minimum atomic E-state index is -4.95. The largest absolute Gasteiger partial charge is 0.472 e. The second-order valence-electron chi connectivity index (χ2n) is 26.7. The number of hydrogen-bond acceptors (Lipinski definition) is 15. The first-order valence-corrected chi connectivity index (χ1v) is 40.5. The van der Waals surface area contributed by atoms with E-state index in [4.69, 9.17) is 37.0 Å². The minimum absolute atomic E-state index is 0.105. The number of carbonyl (C=O) groups is 4. The van der Waals surface area contributed by atoms with Gasteiger partial charge in [0.05, 0.1) is 26.4 Å². The molecular weight excluding hydrogens is 1200 g/mol. The van der Waals surface area contributed by atoms with E-state index in [1.807, 2.05) is 0 Å². The summed E-state index contributed by atoms with van der Waals surface area (Å²) in [6.45, 7) is 9.55. The highest BCUT2D eigenvalue weighted by Gasteiger charge is 2.30. The monoisotopic (exact) mass is 1340 g/mol. The molecule has 0 aromatic heterocycles. The molecule has 540 valence electrons. The maximum Gasteiger partial charge on any atom is 0.472 e. The topological polar surface area (TPSA) is 237 Å². The lowest BCUT2D eigenvalue weighted by Gasteiger charge is -2.21. The van der Waals surface area contributed by atoms with Crippen molar-refractivity contribution in [2.24, 2.45) is 11.8 Å². The predicted molar refractivity (Wildman–Crippen MR) is 368 cm³/mol. The zero-order chi connectivity index (χ0) is 67.2. The van der Waals surface area contributed by atoms with Crippen molar-refractivity contribution in [3.63, 3.8) is 0 Å². The average molecular weight is 1340 g/mol. The molecule has 0 heterocycles. The van der Waals surface area contributed by atoms with Gasteiger partial charge in [0.15, 0.2) is 12.2 Å². The van der Waals surface area contributed by atoms with E-state index in [2.05, 4.69) is 41.5 Å². The smallest absolute Gasteiger partial charge is 0.462 e. The van der Waals surface area contributed by atoms with Crippen molar-refractivity contribution >= 4 is 39.5 Å². The highest BCUT2D eigenvalue weighted by atomic mass is 31.2. The zero-order valence-electron chi connectivity index (χ0n) is 59.1. The fraction of sp³-hybridized carbons (Fsp3) is 0.944. The average Bonchev–Trinajstić information content (AvgIpc) is 3.49. The summed E-state index contributed by atoms with van der Waals surface area (Å²) in [5.41, 5.74) is 0. The summed E-state index contributed by atoms with van der Waals surface area (Å²) < 4.78 is 68.4. The van der Waals surface area contributed by atoms with Crippen molar-refractivity contribution in [3.05, 3.63) is 0 Å². The molecule has 91 heavy (non-hydrogen) atoms. The molecule has 0 fully saturated rings.